The topological polar surface area (TPSA) is 78.1 Å². The summed E-state index contributed by atoms with van der Waals surface area (Å²) < 4.78 is 2.29. The van der Waals surface area contributed by atoms with E-state index < -0.39 is 12.2 Å². The van der Waals surface area contributed by atoms with Crippen LogP contribution in [0.5, 0.6) is 0 Å². The van der Waals surface area contributed by atoms with Crippen molar-refractivity contribution in [2.45, 2.75) is 18.8 Å². The second-order valence-electron chi connectivity index (χ2n) is 4.99. The van der Waals surface area contributed by atoms with Gasteiger partial charge < -0.3 is 10.2 Å². The van der Waals surface area contributed by atoms with Crippen LogP contribution in [0.4, 0.5) is 0 Å². The van der Waals surface area contributed by atoms with Crippen LogP contribution in [-0.4, -0.2) is 49.8 Å². The van der Waals surface area contributed by atoms with E-state index in [9.17, 15) is 15.0 Å². The lowest BCUT2D eigenvalue weighted by Crippen LogP contribution is -2.24. The number of pyridine rings is 1. The van der Waals surface area contributed by atoms with E-state index in [1.165, 1.54) is 10.5 Å². The molecule has 1 aliphatic heterocycles. The van der Waals surface area contributed by atoms with E-state index in [1.807, 2.05) is 11.0 Å². The Kier molecular flexibility index (Phi) is 3.59. The van der Waals surface area contributed by atoms with Gasteiger partial charge in [0.25, 0.3) is 5.56 Å². The molecule has 106 valence electrons. The van der Waals surface area contributed by atoms with Crippen LogP contribution in [0, 0.1) is 0 Å². The number of rotatable bonds is 2. The fourth-order valence-corrected chi connectivity index (χ4v) is 2.75. The molecule has 2 atom stereocenters. The first-order valence-electron chi connectivity index (χ1n) is 6.29. The van der Waals surface area contributed by atoms with Gasteiger partial charge in [-0.15, -0.1) is 0 Å². The van der Waals surface area contributed by atoms with Crippen LogP contribution in [0.2, 0.25) is 0 Å². The number of fused-ring (bicyclic) bond motifs is 1. The molecular formula is C13H14BrN3O3. The molecule has 7 heteroatoms. The highest BCUT2D eigenvalue weighted by Gasteiger charge is 2.29. The minimum Gasteiger partial charge on any atom is -0.389 e. The number of aliphatic hydroxyl groups excluding tert-OH is 2. The fourth-order valence-electron chi connectivity index (χ4n) is 2.41. The van der Waals surface area contributed by atoms with E-state index in [1.54, 1.807) is 12.3 Å². The van der Waals surface area contributed by atoms with Crippen LogP contribution in [0.25, 0.3) is 5.65 Å². The number of aliphatic hydroxyl groups is 2. The summed E-state index contributed by atoms with van der Waals surface area (Å²) in [6.45, 7) is 1.22. The number of likely N-dealkylation sites (tertiary alicyclic amines) is 1. The van der Waals surface area contributed by atoms with Crippen molar-refractivity contribution in [2.24, 2.45) is 0 Å². The molecule has 20 heavy (non-hydrogen) atoms. The Morgan fingerprint density at radius 2 is 2.00 bits per heavy atom. The first-order valence-corrected chi connectivity index (χ1v) is 7.08. The van der Waals surface area contributed by atoms with Crippen molar-refractivity contribution in [3.8, 4) is 0 Å². The first-order chi connectivity index (χ1) is 9.52. The minimum atomic E-state index is -0.729. The van der Waals surface area contributed by atoms with Crippen LogP contribution in [0.3, 0.4) is 0 Å². The minimum absolute atomic E-state index is 0.147. The maximum atomic E-state index is 12.0. The van der Waals surface area contributed by atoms with Crippen LogP contribution in [0.15, 0.2) is 33.7 Å². The molecule has 3 heterocycles. The largest absolute Gasteiger partial charge is 0.389 e. The molecule has 2 aromatic rings. The summed E-state index contributed by atoms with van der Waals surface area (Å²) in [6.07, 6.45) is 0.220. The lowest BCUT2D eigenvalue weighted by atomic mass is 10.3. The molecule has 0 radical (unpaired) electrons. The van der Waals surface area contributed by atoms with Crippen molar-refractivity contribution in [3.63, 3.8) is 0 Å². The van der Waals surface area contributed by atoms with Crippen LogP contribution in [0.1, 0.15) is 5.69 Å². The standard InChI is InChI=1S/C13H14BrN3O3/c14-8-1-2-12-15-9(3-13(20)17(12)4-8)5-16-6-10(18)11(19)7-16/h1-4,10-11,18-19H,5-7H2. The van der Waals surface area contributed by atoms with E-state index in [0.717, 1.165) is 4.47 Å². The number of hydrogen-bond acceptors (Lipinski definition) is 5. The highest BCUT2D eigenvalue weighted by atomic mass is 79.9. The molecule has 1 saturated heterocycles. The summed E-state index contributed by atoms with van der Waals surface area (Å²) >= 11 is 3.32. The van der Waals surface area contributed by atoms with Crippen molar-refractivity contribution < 1.29 is 10.2 Å². The van der Waals surface area contributed by atoms with Crippen molar-refractivity contribution in [3.05, 3.63) is 44.9 Å². The van der Waals surface area contributed by atoms with Gasteiger partial charge in [0.2, 0.25) is 0 Å². The van der Waals surface area contributed by atoms with Gasteiger partial charge in [-0.3, -0.25) is 14.1 Å². The van der Waals surface area contributed by atoms with E-state index in [-0.39, 0.29) is 5.56 Å². The van der Waals surface area contributed by atoms with Crippen LogP contribution >= 0.6 is 15.9 Å². The van der Waals surface area contributed by atoms with Crippen molar-refractivity contribution in [2.75, 3.05) is 13.1 Å². The van der Waals surface area contributed by atoms with Gasteiger partial charge in [0, 0.05) is 36.4 Å². The van der Waals surface area contributed by atoms with Gasteiger partial charge in [-0.25, -0.2) is 4.98 Å². The number of nitrogens with zero attached hydrogens (tertiary/aromatic N) is 3. The van der Waals surface area contributed by atoms with E-state index >= 15 is 0 Å². The normalized spacial score (nSPS) is 23.6. The molecule has 0 saturated carbocycles. The number of β-amino-alcohol motifs (C(OH)–C–C–N with tert-alkyl or cyclic N) is 2. The summed E-state index contributed by atoms with van der Waals surface area (Å²) in [5.74, 6) is 0. The monoisotopic (exact) mass is 339 g/mol. The van der Waals surface area contributed by atoms with Gasteiger partial charge in [-0.2, -0.15) is 0 Å². The number of aromatic nitrogens is 2. The molecule has 2 N–H and O–H groups in total. The Bertz CT molecular complexity index is 693. The van der Waals surface area contributed by atoms with Crippen LogP contribution < -0.4 is 5.56 Å². The van der Waals surface area contributed by atoms with Crippen molar-refractivity contribution >= 4 is 21.6 Å². The SMILES string of the molecule is O=c1cc(CN2CC(O)C(O)C2)nc2ccc(Br)cn12. The summed E-state index contributed by atoms with van der Waals surface area (Å²) in [6, 6.07) is 5.08. The zero-order chi connectivity index (χ0) is 14.3. The van der Waals surface area contributed by atoms with Crippen molar-refractivity contribution in [1.82, 2.24) is 14.3 Å². The van der Waals surface area contributed by atoms with Gasteiger partial charge >= 0.3 is 0 Å². The molecule has 2 unspecified atom stereocenters. The van der Waals surface area contributed by atoms with Gasteiger partial charge in [0.15, 0.2) is 0 Å². The second kappa shape index (κ2) is 5.25. The Balaban J connectivity index is 1.90. The molecule has 0 aliphatic carbocycles. The number of hydrogen-bond donors (Lipinski definition) is 2. The van der Waals surface area contributed by atoms with E-state index in [4.69, 9.17) is 0 Å². The van der Waals surface area contributed by atoms with Gasteiger partial charge in [0.05, 0.1) is 17.9 Å². The van der Waals surface area contributed by atoms with Crippen LogP contribution in [-0.2, 0) is 6.54 Å². The average Bonchev–Trinajstić information content (AvgIpc) is 2.69. The lowest BCUT2D eigenvalue weighted by Gasteiger charge is -2.14. The zero-order valence-corrected chi connectivity index (χ0v) is 12.2. The zero-order valence-electron chi connectivity index (χ0n) is 10.6. The molecule has 0 amide bonds. The Morgan fingerprint density at radius 1 is 1.30 bits per heavy atom. The highest BCUT2D eigenvalue weighted by molar-refractivity contribution is 9.10. The molecule has 2 aromatic heterocycles. The first kappa shape index (κ1) is 13.7. The predicted octanol–water partition coefficient (Wildman–Crippen LogP) is -0.00560. The molecule has 0 bridgehead atoms. The average molecular weight is 340 g/mol. The maximum absolute atomic E-state index is 12.0. The predicted molar refractivity (Wildman–Crippen MR) is 76.5 cm³/mol. The van der Waals surface area contributed by atoms with E-state index in [2.05, 4.69) is 20.9 Å². The summed E-state index contributed by atoms with van der Waals surface area (Å²) in [4.78, 5) is 18.3. The molecule has 0 aromatic carbocycles. The molecule has 1 aliphatic rings. The fraction of sp³-hybridized carbons (Fsp3) is 0.385. The van der Waals surface area contributed by atoms with E-state index in [0.29, 0.717) is 31.0 Å². The third-order valence-corrected chi connectivity index (χ3v) is 3.87. The summed E-state index contributed by atoms with van der Waals surface area (Å²) in [5, 5.41) is 19.0. The summed E-state index contributed by atoms with van der Waals surface area (Å²) in [7, 11) is 0. The molecule has 6 nitrogen and oxygen atoms in total. The Hall–Kier alpha value is -1.28. The second-order valence-corrected chi connectivity index (χ2v) is 5.91. The third kappa shape index (κ3) is 2.62. The Labute approximate surface area is 123 Å². The van der Waals surface area contributed by atoms with Gasteiger partial charge in [-0.1, -0.05) is 0 Å². The maximum Gasteiger partial charge on any atom is 0.258 e. The number of halogens is 1. The quantitative estimate of drug-likeness (QED) is 0.804. The summed E-state index contributed by atoms with van der Waals surface area (Å²) in [5.41, 5.74) is 1.07. The van der Waals surface area contributed by atoms with Gasteiger partial charge in [-0.05, 0) is 28.1 Å². The lowest BCUT2D eigenvalue weighted by molar-refractivity contribution is 0.0572. The molecular weight excluding hydrogens is 326 g/mol. The molecule has 3 rings (SSSR count). The molecule has 1 fully saturated rings. The Morgan fingerprint density at radius 3 is 2.70 bits per heavy atom. The smallest absolute Gasteiger partial charge is 0.258 e. The van der Waals surface area contributed by atoms with Crippen molar-refractivity contribution in [1.29, 1.82) is 0 Å². The molecule has 0 spiro atoms. The highest BCUT2D eigenvalue weighted by Crippen LogP contribution is 2.14. The third-order valence-electron chi connectivity index (χ3n) is 3.40. The van der Waals surface area contributed by atoms with Gasteiger partial charge in [0.1, 0.15) is 5.65 Å².